The van der Waals surface area contributed by atoms with Crippen LogP contribution in [-0.2, 0) is 4.74 Å². The van der Waals surface area contributed by atoms with E-state index in [2.05, 4.69) is 13.8 Å². The highest BCUT2D eigenvalue weighted by atomic mass is 16.5. The van der Waals surface area contributed by atoms with E-state index in [4.69, 9.17) is 4.74 Å². The van der Waals surface area contributed by atoms with Crippen molar-refractivity contribution in [2.24, 2.45) is 0 Å². The number of hydrogen-bond acceptors (Lipinski definition) is 3. The lowest BCUT2D eigenvalue weighted by molar-refractivity contribution is -0.0498. The van der Waals surface area contributed by atoms with Gasteiger partial charge < -0.3 is 14.9 Å². The normalized spacial score (nSPS) is 29.7. The van der Waals surface area contributed by atoms with E-state index in [1.807, 2.05) is 0 Å². The van der Waals surface area contributed by atoms with Gasteiger partial charge in [-0.3, -0.25) is 0 Å². The zero-order chi connectivity index (χ0) is 13.4. The monoisotopic (exact) mass is 258 g/mol. The standard InChI is InChI=1S/C15H30O3/c1-3-5-7-9-12(16)15-11-13(17)14(18-15)10-8-6-4-2/h12-17H,3-11H2,1-2H3/t12-,13+,14+,15-/m0/s1. The predicted molar refractivity (Wildman–Crippen MR) is 73.6 cm³/mol. The van der Waals surface area contributed by atoms with Gasteiger partial charge in [0.25, 0.3) is 0 Å². The molecule has 0 aromatic carbocycles. The van der Waals surface area contributed by atoms with E-state index < -0.39 is 6.10 Å². The van der Waals surface area contributed by atoms with Gasteiger partial charge in [-0.1, -0.05) is 52.4 Å². The molecule has 3 heteroatoms. The zero-order valence-electron chi connectivity index (χ0n) is 12.0. The minimum absolute atomic E-state index is 0.0534. The Labute approximate surface area is 112 Å². The first kappa shape index (κ1) is 15.9. The summed E-state index contributed by atoms with van der Waals surface area (Å²) in [7, 11) is 0. The van der Waals surface area contributed by atoms with E-state index in [0.717, 1.165) is 32.1 Å². The molecule has 0 bridgehead atoms. The van der Waals surface area contributed by atoms with Crippen molar-refractivity contribution in [2.75, 3.05) is 0 Å². The average Bonchev–Trinajstić information content (AvgIpc) is 2.72. The first-order chi connectivity index (χ1) is 8.69. The summed E-state index contributed by atoms with van der Waals surface area (Å²) in [5, 5.41) is 20.0. The predicted octanol–water partition coefficient (Wildman–Crippen LogP) is 3.03. The van der Waals surface area contributed by atoms with E-state index in [9.17, 15) is 10.2 Å². The quantitative estimate of drug-likeness (QED) is 0.625. The molecule has 2 N–H and O–H groups in total. The van der Waals surface area contributed by atoms with Gasteiger partial charge in [-0.25, -0.2) is 0 Å². The Bertz CT molecular complexity index is 208. The molecule has 1 saturated heterocycles. The molecule has 4 atom stereocenters. The van der Waals surface area contributed by atoms with Crippen LogP contribution in [0.25, 0.3) is 0 Å². The highest BCUT2D eigenvalue weighted by Gasteiger charge is 2.36. The first-order valence-corrected chi connectivity index (χ1v) is 7.70. The SMILES string of the molecule is CCCCC[C@H](O)[C@@H]1C[C@@H](O)[C@@H](CCCCC)O1. The molecular weight excluding hydrogens is 228 g/mol. The Kier molecular flexibility index (Phi) is 7.87. The molecule has 3 nitrogen and oxygen atoms in total. The highest BCUT2D eigenvalue weighted by Crippen LogP contribution is 2.28. The minimum Gasteiger partial charge on any atom is -0.390 e. The molecule has 0 unspecified atom stereocenters. The average molecular weight is 258 g/mol. The molecule has 1 aliphatic rings. The maximum atomic E-state index is 10.0. The van der Waals surface area contributed by atoms with Crippen LogP contribution >= 0.6 is 0 Å². The zero-order valence-corrected chi connectivity index (χ0v) is 12.0. The molecule has 0 aromatic rings. The Morgan fingerprint density at radius 1 is 1.11 bits per heavy atom. The molecule has 1 heterocycles. The van der Waals surface area contributed by atoms with Crippen LogP contribution in [0.3, 0.4) is 0 Å². The molecule has 0 aromatic heterocycles. The minimum atomic E-state index is -0.401. The van der Waals surface area contributed by atoms with Crippen LogP contribution in [0.5, 0.6) is 0 Å². The molecule has 0 spiro atoms. The second-order valence-electron chi connectivity index (χ2n) is 5.57. The van der Waals surface area contributed by atoms with Crippen LogP contribution in [0.2, 0.25) is 0 Å². The van der Waals surface area contributed by atoms with Crippen molar-refractivity contribution in [1.82, 2.24) is 0 Å². The number of rotatable bonds is 9. The highest BCUT2D eigenvalue weighted by molar-refractivity contribution is 4.85. The van der Waals surface area contributed by atoms with Gasteiger partial charge in [-0.15, -0.1) is 0 Å². The van der Waals surface area contributed by atoms with E-state index in [1.165, 1.54) is 19.3 Å². The second kappa shape index (κ2) is 8.89. The van der Waals surface area contributed by atoms with Crippen molar-refractivity contribution >= 4 is 0 Å². The Balaban J connectivity index is 2.24. The largest absolute Gasteiger partial charge is 0.390 e. The summed E-state index contributed by atoms with van der Waals surface area (Å²) in [6.07, 6.45) is 8.20. The van der Waals surface area contributed by atoms with Crippen LogP contribution < -0.4 is 0 Å². The molecule has 1 fully saturated rings. The molecule has 108 valence electrons. The summed E-state index contributed by atoms with van der Waals surface area (Å²) in [4.78, 5) is 0. The summed E-state index contributed by atoms with van der Waals surface area (Å²) in [5.74, 6) is 0. The summed E-state index contributed by atoms with van der Waals surface area (Å²) < 4.78 is 5.81. The molecule has 0 radical (unpaired) electrons. The Morgan fingerprint density at radius 3 is 2.44 bits per heavy atom. The molecule has 0 aliphatic carbocycles. The van der Waals surface area contributed by atoms with Crippen LogP contribution in [0.1, 0.15) is 71.6 Å². The summed E-state index contributed by atoms with van der Waals surface area (Å²) in [6, 6.07) is 0. The summed E-state index contributed by atoms with van der Waals surface area (Å²) in [5.41, 5.74) is 0. The number of aliphatic hydroxyl groups is 2. The fraction of sp³-hybridized carbons (Fsp3) is 1.00. The van der Waals surface area contributed by atoms with Crippen LogP contribution in [0, 0.1) is 0 Å². The van der Waals surface area contributed by atoms with Gasteiger partial charge in [0.05, 0.1) is 24.4 Å². The third kappa shape index (κ3) is 5.25. The van der Waals surface area contributed by atoms with E-state index in [1.54, 1.807) is 0 Å². The van der Waals surface area contributed by atoms with Crippen molar-refractivity contribution in [1.29, 1.82) is 0 Å². The smallest absolute Gasteiger partial charge is 0.0864 e. The van der Waals surface area contributed by atoms with E-state index >= 15 is 0 Å². The number of ether oxygens (including phenoxy) is 1. The number of aliphatic hydroxyl groups excluding tert-OH is 2. The van der Waals surface area contributed by atoms with Crippen molar-refractivity contribution in [3.05, 3.63) is 0 Å². The lowest BCUT2D eigenvalue weighted by Crippen LogP contribution is -2.26. The van der Waals surface area contributed by atoms with Crippen molar-refractivity contribution < 1.29 is 14.9 Å². The van der Waals surface area contributed by atoms with Crippen molar-refractivity contribution in [3.63, 3.8) is 0 Å². The molecule has 18 heavy (non-hydrogen) atoms. The lowest BCUT2D eigenvalue weighted by Gasteiger charge is -2.19. The van der Waals surface area contributed by atoms with Gasteiger partial charge in [-0.05, 0) is 12.8 Å². The molecule has 0 amide bonds. The first-order valence-electron chi connectivity index (χ1n) is 7.70. The van der Waals surface area contributed by atoms with Gasteiger partial charge in [0.2, 0.25) is 0 Å². The molecular formula is C15H30O3. The Morgan fingerprint density at radius 2 is 1.78 bits per heavy atom. The van der Waals surface area contributed by atoms with E-state index in [0.29, 0.717) is 6.42 Å². The third-order valence-electron chi connectivity index (χ3n) is 3.88. The number of hydrogen-bond donors (Lipinski definition) is 2. The summed E-state index contributed by atoms with van der Waals surface area (Å²) >= 11 is 0. The van der Waals surface area contributed by atoms with Gasteiger partial charge in [0.1, 0.15) is 0 Å². The maximum Gasteiger partial charge on any atom is 0.0864 e. The molecule has 1 aliphatic heterocycles. The summed E-state index contributed by atoms with van der Waals surface area (Å²) in [6.45, 7) is 4.33. The fourth-order valence-corrected chi connectivity index (χ4v) is 2.65. The lowest BCUT2D eigenvalue weighted by atomic mass is 10.0. The molecule has 0 saturated carbocycles. The maximum absolute atomic E-state index is 10.0. The van der Waals surface area contributed by atoms with Crippen LogP contribution in [0.15, 0.2) is 0 Å². The van der Waals surface area contributed by atoms with Gasteiger partial charge in [-0.2, -0.15) is 0 Å². The topological polar surface area (TPSA) is 49.7 Å². The van der Waals surface area contributed by atoms with Crippen molar-refractivity contribution in [3.8, 4) is 0 Å². The van der Waals surface area contributed by atoms with Crippen LogP contribution in [0.4, 0.5) is 0 Å². The fourth-order valence-electron chi connectivity index (χ4n) is 2.65. The van der Waals surface area contributed by atoms with Crippen molar-refractivity contribution in [2.45, 2.75) is 96.1 Å². The van der Waals surface area contributed by atoms with Gasteiger partial charge in [0.15, 0.2) is 0 Å². The third-order valence-corrected chi connectivity index (χ3v) is 3.88. The molecule has 1 rings (SSSR count). The van der Waals surface area contributed by atoms with Crippen LogP contribution in [-0.4, -0.2) is 34.6 Å². The van der Waals surface area contributed by atoms with Gasteiger partial charge in [0, 0.05) is 6.42 Å². The number of unbranched alkanes of at least 4 members (excludes halogenated alkanes) is 4. The van der Waals surface area contributed by atoms with E-state index in [-0.39, 0.29) is 18.3 Å². The Hall–Kier alpha value is -0.120. The van der Waals surface area contributed by atoms with Gasteiger partial charge >= 0.3 is 0 Å². The second-order valence-corrected chi connectivity index (χ2v) is 5.57.